The number of nitrogens with two attached hydrogens (primary N) is 1. The van der Waals surface area contributed by atoms with Crippen molar-refractivity contribution in [3.63, 3.8) is 0 Å². The van der Waals surface area contributed by atoms with E-state index >= 15 is 0 Å². The van der Waals surface area contributed by atoms with Gasteiger partial charge in [-0.3, -0.25) is 4.79 Å². The van der Waals surface area contributed by atoms with Crippen LogP contribution < -0.4 is 10.5 Å². The Kier molecular flexibility index (Phi) is 5.68. The molecule has 1 aromatic carbocycles. The molecule has 0 radical (unpaired) electrons. The third-order valence-electron chi connectivity index (χ3n) is 3.56. The van der Waals surface area contributed by atoms with Crippen molar-refractivity contribution >= 4 is 17.5 Å². The van der Waals surface area contributed by atoms with Gasteiger partial charge in [0.15, 0.2) is 6.61 Å². The van der Waals surface area contributed by atoms with Gasteiger partial charge in [0.2, 0.25) is 0 Å². The van der Waals surface area contributed by atoms with Gasteiger partial charge in [0, 0.05) is 30.2 Å². The fraction of sp³-hybridized carbons (Fsp3) is 0.533. The van der Waals surface area contributed by atoms with Crippen LogP contribution in [0.1, 0.15) is 31.2 Å². The predicted octanol–water partition coefficient (Wildman–Crippen LogP) is 2.58. The first-order valence-electron chi connectivity index (χ1n) is 7.10. The third kappa shape index (κ3) is 4.12. The zero-order valence-corrected chi connectivity index (χ0v) is 12.4. The minimum atomic E-state index is 0.0369. The van der Waals surface area contributed by atoms with E-state index in [9.17, 15) is 4.79 Å². The van der Waals surface area contributed by atoms with Crippen molar-refractivity contribution in [2.75, 3.05) is 19.7 Å². The van der Waals surface area contributed by atoms with Gasteiger partial charge in [-0.15, -0.1) is 0 Å². The van der Waals surface area contributed by atoms with E-state index in [4.69, 9.17) is 22.1 Å². The fourth-order valence-corrected chi connectivity index (χ4v) is 2.54. The molecule has 0 spiro atoms. The molecule has 0 bridgehead atoms. The molecule has 0 aromatic heterocycles. The van der Waals surface area contributed by atoms with Gasteiger partial charge in [0.05, 0.1) is 0 Å². The highest BCUT2D eigenvalue weighted by Crippen LogP contribution is 2.23. The highest BCUT2D eigenvalue weighted by molar-refractivity contribution is 6.30. The summed E-state index contributed by atoms with van der Waals surface area (Å²) in [5, 5.41) is 0.583. The van der Waals surface area contributed by atoms with E-state index in [1.54, 1.807) is 12.1 Å². The predicted molar refractivity (Wildman–Crippen MR) is 79.9 cm³/mol. The smallest absolute Gasteiger partial charge is 0.260 e. The third-order valence-corrected chi connectivity index (χ3v) is 3.79. The van der Waals surface area contributed by atoms with Gasteiger partial charge in [-0.05, 0) is 25.0 Å². The maximum atomic E-state index is 12.1. The molecule has 5 heteroatoms. The molecule has 1 aromatic rings. The first-order chi connectivity index (χ1) is 9.70. The second-order valence-corrected chi connectivity index (χ2v) is 5.48. The molecule has 2 N–H and O–H groups in total. The molecule has 1 aliphatic heterocycles. The number of likely N-dealkylation sites (tertiary alicyclic amines) is 1. The van der Waals surface area contributed by atoms with Crippen LogP contribution in [0, 0.1) is 0 Å². The first kappa shape index (κ1) is 15.1. The lowest BCUT2D eigenvalue weighted by atomic mass is 10.2. The van der Waals surface area contributed by atoms with E-state index in [1.165, 1.54) is 12.8 Å². The summed E-state index contributed by atoms with van der Waals surface area (Å²) in [6.07, 6.45) is 4.57. The number of ether oxygens (including phenoxy) is 1. The lowest BCUT2D eigenvalue weighted by Gasteiger charge is -2.20. The molecule has 1 aliphatic rings. The van der Waals surface area contributed by atoms with Crippen LogP contribution in [0.3, 0.4) is 0 Å². The van der Waals surface area contributed by atoms with E-state index < -0.39 is 0 Å². The van der Waals surface area contributed by atoms with Crippen molar-refractivity contribution < 1.29 is 9.53 Å². The highest BCUT2D eigenvalue weighted by atomic mass is 35.5. The van der Waals surface area contributed by atoms with Gasteiger partial charge < -0.3 is 15.4 Å². The Labute approximate surface area is 124 Å². The molecule has 0 aliphatic carbocycles. The molecule has 1 saturated heterocycles. The molecule has 2 rings (SSSR count). The lowest BCUT2D eigenvalue weighted by molar-refractivity contribution is -0.133. The number of halogens is 1. The average Bonchev–Trinajstić information content (AvgIpc) is 2.74. The van der Waals surface area contributed by atoms with Gasteiger partial charge in [-0.2, -0.15) is 0 Å². The van der Waals surface area contributed by atoms with Crippen molar-refractivity contribution in [1.82, 2.24) is 4.90 Å². The average molecular weight is 297 g/mol. The largest absolute Gasteiger partial charge is 0.483 e. The number of benzene rings is 1. The Bertz CT molecular complexity index is 457. The summed E-state index contributed by atoms with van der Waals surface area (Å²) < 4.78 is 5.61. The summed E-state index contributed by atoms with van der Waals surface area (Å²) in [5.41, 5.74) is 6.51. The number of carbonyl (C=O) groups excluding carboxylic acids is 1. The molecular weight excluding hydrogens is 276 g/mol. The van der Waals surface area contributed by atoms with Crippen LogP contribution in [0.5, 0.6) is 5.75 Å². The molecule has 110 valence electrons. The van der Waals surface area contributed by atoms with E-state index in [2.05, 4.69) is 0 Å². The van der Waals surface area contributed by atoms with Crippen LogP contribution in [-0.4, -0.2) is 30.5 Å². The summed E-state index contributed by atoms with van der Waals surface area (Å²) in [5.74, 6) is 0.637. The Hall–Kier alpha value is -1.26. The van der Waals surface area contributed by atoms with Gasteiger partial charge in [-0.25, -0.2) is 0 Å². The molecular formula is C15H21ClN2O2. The number of hydrogen-bond donors (Lipinski definition) is 1. The van der Waals surface area contributed by atoms with Crippen molar-refractivity contribution in [3.8, 4) is 5.75 Å². The molecule has 0 saturated carbocycles. The Balaban J connectivity index is 1.93. The Morgan fingerprint density at radius 1 is 1.25 bits per heavy atom. The quantitative estimate of drug-likeness (QED) is 0.929. The number of carbonyl (C=O) groups is 1. The first-order valence-corrected chi connectivity index (χ1v) is 7.47. The lowest BCUT2D eigenvalue weighted by Crippen LogP contribution is -2.35. The molecule has 1 amide bonds. The molecule has 20 heavy (non-hydrogen) atoms. The zero-order chi connectivity index (χ0) is 14.4. The second kappa shape index (κ2) is 7.50. The van der Waals surface area contributed by atoms with Crippen LogP contribution >= 0.6 is 11.6 Å². The molecule has 4 nitrogen and oxygen atoms in total. The topological polar surface area (TPSA) is 55.6 Å². The van der Waals surface area contributed by atoms with Gasteiger partial charge in [-0.1, -0.05) is 30.5 Å². The summed E-state index contributed by atoms with van der Waals surface area (Å²) in [6, 6.07) is 5.31. The minimum Gasteiger partial charge on any atom is -0.483 e. The Morgan fingerprint density at radius 3 is 2.60 bits per heavy atom. The van der Waals surface area contributed by atoms with Gasteiger partial charge >= 0.3 is 0 Å². The summed E-state index contributed by atoms with van der Waals surface area (Å²) >= 11 is 5.94. The number of nitrogens with zero attached hydrogens (tertiary/aromatic N) is 1. The molecule has 0 unspecified atom stereocenters. The van der Waals surface area contributed by atoms with E-state index in [0.717, 1.165) is 31.5 Å². The SMILES string of the molecule is NCc1ccc(Cl)cc1OCC(=O)N1CCCCCC1. The van der Waals surface area contributed by atoms with Crippen molar-refractivity contribution in [1.29, 1.82) is 0 Å². The zero-order valence-electron chi connectivity index (χ0n) is 11.6. The molecule has 0 atom stereocenters. The van der Waals surface area contributed by atoms with Crippen LogP contribution in [0.15, 0.2) is 18.2 Å². The van der Waals surface area contributed by atoms with Crippen molar-refractivity contribution in [2.45, 2.75) is 32.2 Å². The van der Waals surface area contributed by atoms with E-state index in [1.807, 2.05) is 11.0 Å². The van der Waals surface area contributed by atoms with Crippen molar-refractivity contribution in [3.05, 3.63) is 28.8 Å². The maximum absolute atomic E-state index is 12.1. The number of rotatable bonds is 4. The van der Waals surface area contributed by atoms with Crippen LogP contribution in [-0.2, 0) is 11.3 Å². The van der Waals surface area contributed by atoms with Gasteiger partial charge in [0.25, 0.3) is 5.91 Å². The summed E-state index contributed by atoms with van der Waals surface area (Å²) in [6.45, 7) is 2.08. The van der Waals surface area contributed by atoms with Crippen molar-refractivity contribution in [2.24, 2.45) is 5.73 Å². The molecule has 1 heterocycles. The fourth-order valence-electron chi connectivity index (χ4n) is 2.38. The van der Waals surface area contributed by atoms with Crippen LogP contribution in [0.2, 0.25) is 5.02 Å². The normalized spacial score (nSPS) is 15.8. The highest BCUT2D eigenvalue weighted by Gasteiger charge is 2.16. The monoisotopic (exact) mass is 296 g/mol. The van der Waals surface area contributed by atoms with E-state index in [0.29, 0.717) is 17.3 Å². The van der Waals surface area contributed by atoms with Crippen LogP contribution in [0.4, 0.5) is 0 Å². The van der Waals surface area contributed by atoms with Crippen LogP contribution in [0.25, 0.3) is 0 Å². The maximum Gasteiger partial charge on any atom is 0.260 e. The minimum absolute atomic E-state index is 0.0369. The summed E-state index contributed by atoms with van der Waals surface area (Å²) in [7, 11) is 0. The summed E-state index contributed by atoms with van der Waals surface area (Å²) in [4.78, 5) is 14.0. The van der Waals surface area contributed by atoms with Gasteiger partial charge in [0.1, 0.15) is 5.75 Å². The molecule has 1 fully saturated rings. The second-order valence-electron chi connectivity index (χ2n) is 5.04. The number of amides is 1. The number of hydrogen-bond acceptors (Lipinski definition) is 3. The van der Waals surface area contributed by atoms with E-state index in [-0.39, 0.29) is 12.5 Å². The Morgan fingerprint density at radius 2 is 1.95 bits per heavy atom. The standard InChI is InChI=1S/C15H21ClN2O2/c16-13-6-5-12(10-17)14(9-13)20-11-15(19)18-7-3-1-2-4-8-18/h5-6,9H,1-4,7-8,10-11,17H2.